The van der Waals surface area contributed by atoms with Crippen molar-refractivity contribution in [3.05, 3.63) is 65.0 Å². The third kappa shape index (κ3) is 2.31. The summed E-state index contributed by atoms with van der Waals surface area (Å²) in [6.45, 7) is 5.06. The summed E-state index contributed by atoms with van der Waals surface area (Å²) in [7, 11) is 0. The average molecular weight is 307 g/mol. The van der Waals surface area contributed by atoms with Gasteiger partial charge in [-0.25, -0.2) is 9.07 Å². The smallest absolute Gasteiger partial charge is 0.133 e. The number of hydrogen-bond acceptors (Lipinski definition) is 2. The van der Waals surface area contributed by atoms with Gasteiger partial charge in [-0.15, -0.1) is 0 Å². The molecule has 0 unspecified atom stereocenters. The Morgan fingerprint density at radius 2 is 2.00 bits per heavy atom. The maximum atomic E-state index is 13.6. The highest BCUT2D eigenvalue weighted by Gasteiger charge is 2.24. The first-order valence-corrected chi connectivity index (χ1v) is 7.83. The average Bonchev–Trinajstić information content (AvgIpc) is 3.10. The molecular formula is C19H18FN3. The number of aryl methyl sites for hydroxylation is 2. The number of fused-ring (bicyclic) bond motifs is 1. The van der Waals surface area contributed by atoms with Crippen LogP contribution in [0.1, 0.15) is 16.7 Å². The van der Waals surface area contributed by atoms with Gasteiger partial charge in [0.25, 0.3) is 0 Å². The van der Waals surface area contributed by atoms with Crippen LogP contribution in [0.4, 0.5) is 10.2 Å². The summed E-state index contributed by atoms with van der Waals surface area (Å²) in [6.07, 6.45) is 0.909. The van der Waals surface area contributed by atoms with Gasteiger partial charge in [-0.2, -0.15) is 5.10 Å². The van der Waals surface area contributed by atoms with E-state index in [1.54, 1.807) is 12.1 Å². The number of aromatic nitrogens is 2. The number of benzene rings is 2. The van der Waals surface area contributed by atoms with E-state index < -0.39 is 0 Å². The predicted octanol–water partition coefficient (Wildman–Crippen LogP) is 4.26. The lowest BCUT2D eigenvalue weighted by atomic mass is 10.1. The molecule has 0 bridgehead atoms. The Labute approximate surface area is 134 Å². The standard InChI is InChI=1S/C19H18FN3/c1-12-6-7-17(13(2)10-12)23-19-16(8-9-21-19)18(22-23)14-4-3-5-15(20)11-14/h3-7,10-11,21H,8-9H2,1-2H3. The third-order valence-corrected chi connectivity index (χ3v) is 4.33. The predicted molar refractivity (Wildman–Crippen MR) is 90.6 cm³/mol. The maximum absolute atomic E-state index is 13.6. The first kappa shape index (κ1) is 14.0. The second-order valence-corrected chi connectivity index (χ2v) is 6.06. The van der Waals surface area contributed by atoms with Gasteiger partial charge in [0.2, 0.25) is 0 Å². The van der Waals surface area contributed by atoms with Gasteiger partial charge in [0, 0.05) is 17.7 Å². The summed E-state index contributed by atoms with van der Waals surface area (Å²) in [5.41, 5.74) is 6.32. The molecule has 3 aromatic rings. The van der Waals surface area contributed by atoms with Gasteiger partial charge in [-0.05, 0) is 44.0 Å². The summed E-state index contributed by atoms with van der Waals surface area (Å²) in [4.78, 5) is 0. The van der Waals surface area contributed by atoms with Crippen LogP contribution in [0.25, 0.3) is 16.9 Å². The van der Waals surface area contributed by atoms with Crippen molar-refractivity contribution in [3.63, 3.8) is 0 Å². The highest BCUT2D eigenvalue weighted by atomic mass is 19.1. The Kier molecular flexibility index (Phi) is 3.18. The van der Waals surface area contributed by atoms with Crippen molar-refractivity contribution >= 4 is 5.82 Å². The van der Waals surface area contributed by atoms with Crippen LogP contribution in [-0.2, 0) is 6.42 Å². The molecule has 0 fully saturated rings. The summed E-state index contributed by atoms with van der Waals surface area (Å²) in [5.74, 6) is 0.791. The zero-order valence-corrected chi connectivity index (χ0v) is 13.2. The van der Waals surface area contributed by atoms with Crippen molar-refractivity contribution in [2.75, 3.05) is 11.9 Å². The third-order valence-electron chi connectivity index (χ3n) is 4.33. The van der Waals surface area contributed by atoms with Gasteiger partial charge in [0.15, 0.2) is 0 Å². The van der Waals surface area contributed by atoms with Crippen LogP contribution in [-0.4, -0.2) is 16.3 Å². The quantitative estimate of drug-likeness (QED) is 0.766. The number of nitrogens with one attached hydrogen (secondary N) is 1. The second-order valence-electron chi connectivity index (χ2n) is 6.06. The highest BCUT2D eigenvalue weighted by Crippen LogP contribution is 2.35. The van der Waals surface area contributed by atoms with E-state index in [4.69, 9.17) is 5.10 Å². The normalized spacial score (nSPS) is 13.0. The molecule has 116 valence electrons. The fourth-order valence-electron chi connectivity index (χ4n) is 3.26. The van der Waals surface area contributed by atoms with Gasteiger partial charge in [-0.3, -0.25) is 0 Å². The lowest BCUT2D eigenvalue weighted by Crippen LogP contribution is -2.05. The molecule has 1 N–H and O–H groups in total. The lowest BCUT2D eigenvalue weighted by Gasteiger charge is -2.10. The first-order valence-electron chi connectivity index (χ1n) is 7.83. The SMILES string of the molecule is Cc1ccc(-n2nc(-c3cccc(F)c3)c3c2NCC3)c(C)c1. The lowest BCUT2D eigenvalue weighted by molar-refractivity contribution is 0.628. The molecule has 0 amide bonds. The van der Waals surface area contributed by atoms with E-state index in [0.717, 1.165) is 41.3 Å². The van der Waals surface area contributed by atoms with Crippen LogP contribution in [0.5, 0.6) is 0 Å². The van der Waals surface area contributed by atoms with Crippen LogP contribution < -0.4 is 5.32 Å². The molecule has 4 rings (SSSR count). The zero-order valence-electron chi connectivity index (χ0n) is 13.2. The van der Waals surface area contributed by atoms with Crippen molar-refractivity contribution < 1.29 is 4.39 Å². The van der Waals surface area contributed by atoms with E-state index in [9.17, 15) is 4.39 Å². The van der Waals surface area contributed by atoms with Gasteiger partial charge in [0.05, 0.1) is 11.4 Å². The summed E-state index contributed by atoms with van der Waals surface area (Å²) in [5, 5.41) is 8.21. The van der Waals surface area contributed by atoms with Gasteiger partial charge < -0.3 is 5.32 Å². The topological polar surface area (TPSA) is 29.9 Å². The van der Waals surface area contributed by atoms with Crippen molar-refractivity contribution in [3.8, 4) is 16.9 Å². The Balaban J connectivity index is 1.91. The van der Waals surface area contributed by atoms with Gasteiger partial charge >= 0.3 is 0 Å². The largest absolute Gasteiger partial charge is 0.369 e. The number of hydrogen-bond donors (Lipinski definition) is 1. The van der Waals surface area contributed by atoms with Crippen LogP contribution in [0, 0.1) is 19.7 Å². The fourth-order valence-corrected chi connectivity index (χ4v) is 3.26. The molecule has 0 saturated heterocycles. The van der Waals surface area contributed by atoms with Crippen molar-refractivity contribution in [1.82, 2.24) is 9.78 Å². The fraction of sp³-hybridized carbons (Fsp3) is 0.211. The van der Waals surface area contributed by atoms with Gasteiger partial charge in [0.1, 0.15) is 11.6 Å². The maximum Gasteiger partial charge on any atom is 0.133 e. The van der Waals surface area contributed by atoms with E-state index in [2.05, 4.69) is 37.4 Å². The molecule has 0 aliphatic carbocycles. The molecule has 0 atom stereocenters. The van der Waals surface area contributed by atoms with Crippen molar-refractivity contribution in [1.29, 1.82) is 0 Å². The molecule has 3 nitrogen and oxygen atoms in total. The van der Waals surface area contributed by atoms with E-state index in [0.29, 0.717) is 0 Å². The molecule has 1 aromatic heterocycles. The Bertz CT molecular complexity index is 896. The number of anilines is 1. The Morgan fingerprint density at radius 3 is 2.78 bits per heavy atom. The second kappa shape index (κ2) is 5.23. The molecule has 0 saturated carbocycles. The first-order chi connectivity index (χ1) is 11.1. The molecule has 2 aromatic carbocycles. The Hall–Kier alpha value is -2.62. The number of halogens is 1. The highest BCUT2D eigenvalue weighted by molar-refractivity contribution is 5.73. The summed E-state index contributed by atoms with van der Waals surface area (Å²) in [6, 6.07) is 13.0. The minimum Gasteiger partial charge on any atom is -0.369 e. The van der Waals surface area contributed by atoms with Crippen LogP contribution in [0.2, 0.25) is 0 Å². The van der Waals surface area contributed by atoms with Crippen LogP contribution in [0.15, 0.2) is 42.5 Å². The van der Waals surface area contributed by atoms with Crippen LogP contribution in [0.3, 0.4) is 0 Å². The molecule has 23 heavy (non-hydrogen) atoms. The molecule has 1 aliphatic heterocycles. The zero-order chi connectivity index (χ0) is 16.0. The molecule has 0 radical (unpaired) electrons. The Morgan fingerprint density at radius 1 is 1.13 bits per heavy atom. The molecular weight excluding hydrogens is 289 g/mol. The minimum atomic E-state index is -0.233. The van der Waals surface area contributed by atoms with E-state index in [1.807, 2.05) is 10.7 Å². The van der Waals surface area contributed by atoms with E-state index in [1.165, 1.54) is 17.2 Å². The van der Waals surface area contributed by atoms with E-state index in [-0.39, 0.29) is 5.82 Å². The monoisotopic (exact) mass is 307 g/mol. The van der Waals surface area contributed by atoms with Crippen LogP contribution >= 0.6 is 0 Å². The molecule has 1 aliphatic rings. The van der Waals surface area contributed by atoms with Crippen molar-refractivity contribution in [2.45, 2.75) is 20.3 Å². The molecule has 0 spiro atoms. The number of rotatable bonds is 2. The van der Waals surface area contributed by atoms with E-state index >= 15 is 0 Å². The molecule has 4 heteroatoms. The summed E-state index contributed by atoms with van der Waals surface area (Å²) >= 11 is 0. The summed E-state index contributed by atoms with van der Waals surface area (Å²) < 4.78 is 15.5. The van der Waals surface area contributed by atoms with Gasteiger partial charge in [-0.1, -0.05) is 29.8 Å². The van der Waals surface area contributed by atoms with Crippen molar-refractivity contribution in [2.24, 2.45) is 0 Å². The minimum absolute atomic E-state index is 0.233. The molecule has 2 heterocycles. The number of nitrogens with zero attached hydrogens (tertiary/aromatic N) is 2.